The van der Waals surface area contributed by atoms with Crippen molar-refractivity contribution in [2.45, 2.75) is 6.54 Å². The molecule has 1 aliphatic rings. The highest BCUT2D eigenvalue weighted by Gasteiger charge is 2.23. The zero-order valence-electron chi connectivity index (χ0n) is 12.6. The number of carbonyl (C=O) groups is 2. The van der Waals surface area contributed by atoms with E-state index in [-0.39, 0.29) is 12.0 Å². The molecule has 1 fully saturated rings. The Kier molecular flexibility index (Phi) is 5.06. The minimum atomic E-state index is -0.350. The highest BCUT2D eigenvalue weighted by molar-refractivity contribution is 9.10. The summed E-state index contributed by atoms with van der Waals surface area (Å²) in [4.78, 5) is 25.5. The first-order chi connectivity index (χ1) is 11.5. The lowest BCUT2D eigenvalue weighted by Gasteiger charge is -2.14. The number of nitrogens with one attached hydrogen (secondary N) is 1. The maximum absolute atomic E-state index is 12.3. The predicted molar refractivity (Wildman–Crippen MR) is 95.5 cm³/mol. The van der Waals surface area contributed by atoms with Crippen LogP contribution >= 0.6 is 27.5 Å². The molecule has 0 unspecified atom stereocenters. The average Bonchev–Trinajstić information content (AvgIpc) is 3.01. The molecule has 0 bridgehead atoms. The van der Waals surface area contributed by atoms with Gasteiger partial charge in [-0.15, -0.1) is 0 Å². The van der Waals surface area contributed by atoms with Crippen molar-refractivity contribution >= 4 is 45.2 Å². The third-order valence-corrected chi connectivity index (χ3v) is 4.43. The molecule has 2 amide bonds. The normalized spacial score (nSPS) is 13.8. The summed E-state index contributed by atoms with van der Waals surface area (Å²) in [5.74, 6) is -0.257. The van der Waals surface area contributed by atoms with Crippen molar-refractivity contribution in [3.8, 4) is 0 Å². The first-order valence-corrected chi connectivity index (χ1v) is 8.48. The fraction of sp³-hybridized carbons (Fsp3) is 0.176. The summed E-state index contributed by atoms with van der Waals surface area (Å²) >= 11 is 9.39. The molecule has 0 saturated carbocycles. The topological polar surface area (TPSA) is 58.6 Å². The molecule has 1 N–H and O–H groups in total. The van der Waals surface area contributed by atoms with Gasteiger partial charge < -0.3 is 10.1 Å². The number of hydrogen-bond acceptors (Lipinski definition) is 3. The van der Waals surface area contributed by atoms with Crippen molar-refractivity contribution in [2.75, 3.05) is 18.1 Å². The van der Waals surface area contributed by atoms with Crippen molar-refractivity contribution in [3.63, 3.8) is 0 Å². The summed E-state index contributed by atoms with van der Waals surface area (Å²) < 4.78 is 5.72. The Labute approximate surface area is 152 Å². The van der Waals surface area contributed by atoms with Crippen LogP contribution in [0, 0.1) is 0 Å². The van der Waals surface area contributed by atoms with Crippen LogP contribution in [0.5, 0.6) is 0 Å². The summed E-state index contributed by atoms with van der Waals surface area (Å²) in [6.07, 6.45) is -0.350. The molecule has 3 rings (SSSR count). The van der Waals surface area contributed by atoms with Gasteiger partial charge in [-0.2, -0.15) is 0 Å². The number of ether oxygens (including phenoxy) is 1. The second kappa shape index (κ2) is 7.23. The van der Waals surface area contributed by atoms with Crippen LogP contribution in [-0.4, -0.2) is 25.2 Å². The molecule has 0 spiro atoms. The van der Waals surface area contributed by atoms with E-state index >= 15 is 0 Å². The molecule has 1 saturated heterocycles. The molecule has 0 radical (unpaired) electrons. The number of anilines is 1. The second-order valence-electron chi connectivity index (χ2n) is 5.24. The Morgan fingerprint density at radius 1 is 1.29 bits per heavy atom. The maximum Gasteiger partial charge on any atom is 0.414 e. The van der Waals surface area contributed by atoms with Gasteiger partial charge in [0.15, 0.2) is 0 Å². The van der Waals surface area contributed by atoms with Crippen LogP contribution in [0.2, 0.25) is 5.02 Å². The van der Waals surface area contributed by atoms with Crippen molar-refractivity contribution in [3.05, 3.63) is 63.1 Å². The van der Waals surface area contributed by atoms with E-state index in [0.717, 1.165) is 15.7 Å². The van der Waals surface area contributed by atoms with E-state index in [4.69, 9.17) is 16.3 Å². The summed E-state index contributed by atoms with van der Waals surface area (Å²) in [5.41, 5.74) is 2.04. The lowest BCUT2D eigenvalue weighted by Crippen LogP contribution is -2.25. The summed E-state index contributed by atoms with van der Waals surface area (Å²) in [5, 5.41) is 3.23. The van der Waals surface area contributed by atoms with Gasteiger partial charge in [0.05, 0.1) is 17.1 Å². The molecule has 0 aromatic heterocycles. The highest BCUT2D eigenvalue weighted by Crippen LogP contribution is 2.22. The number of carbonyl (C=O) groups excluding carboxylic acids is 2. The minimum absolute atomic E-state index is 0.257. The lowest BCUT2D eigenvalue weighted by molar-refractivity contribution is 0.0951. The number of benzene rings is 2. The Morgan fingerprint density at radius 2 is 2.12 bits per heavy atom. The quantitative estimate of drug-likeness (QED) is 0.831. The highest BCUT2D eigenvalue weighted by atomic mass is 79.9. The van der Waals surface area contributed by atoms with Crippen molar-refractivity contribution in [1.29, 1.82) is 0 Å². The van der Waals surface area contributed by atoms with Gasteiger partial charge in [0.25, 0.3) is 5.91 Å². The third-order valence-electron chi connectivity index (χ3n) is 3.61. The van der Waals surface area contributed by atoms with Crippen LogP contribution in [0.4, 0.5) is 10.5 Å². The molecule has 124 valence electrons. The van der Waals surface area contributed by atoms with E-state index in [0.29, 0.717) is 30.3 Å². The molecule has 2 aromatic rings. The monoisotopic (exact) mass is 408 g/mol. The number of hydrogen-bond donors (Lipinski definition) is 1. The van der Waals surface area contributed by atoms with Gasteiger partial charge in [0.2, 0.25) is 0 Å². The van der Waals surface area contributed by atoms with Crippen molar-refractivity contribution in [2.24, 2.45) is 0 Å². The minimum Gasteiger partial charge on any atom is -0.447 e. The van der Waals surface area contributed by atoms with Crippen molar-refractivity contribution in [1.82, 2.24) is 5.32 Å². The molecule has 2 aromatic carbocycles. The van der Waals surface area contributed by atoms with Crippen LogP contribution in [0.15, 0.2) is 46.9 Å². The van der Waals surface area contributed by atoms with E-state index in [1.54, 1.807) is 23.1 Å². The molecule has 0 aliphatic carbocycles. The Morgan fingerprint density at radius 3 is 2.88 bits per heavy atom. The zero-order valence-corrected chi connectivity index (χ0v) is 14.9. The molecular weight excluding hydrogens is 396 g/mol. The Hall–Kier alpha value is -2.05. The molecular formula is C17H14BrClN2O3. The van der Waals surface area contributed by atoms with Crippen LogP contribution in [-0.2, 0) is 11.3 Å². The second-order valence-corrected chi connectivity index (χ2v) is 6.57. The van der Waals surface area contributed by atoms with Gasteiger partial charge in [-0.25, -0.2) is 4.79 Å². The van der Waals surface area contributed by atoms with Gasteiger partial charge in [-0.05, 0) is 35.9 Å². The van der Waals surface area contributed by atoms with Gasteiger partial charge in [-0.1, -0.05) is 39.7 Å². The molecule has 7 heteroatoms. The number of cyclic esters (lactones) is 1. The van der Waals surface area contributed by atoms with Gasteiger partial charge in [0, 0.05) is 16.7 Å². The summed E-state index contributed by atoms with van der Waals surface area (Å²) in [7, 11) is 0. The first-order valence-electron chi connectivity index (χ1n) is 7.31. The first kappa shape index (κ1) is 16.8. The zero-order chi connectivity index (χ0) is 17.1. The Bertz CT molecular complexity index is 797. The number of nitrogens with zero attached hydrogens (tertiary/aromatic N) is 1. The number of rotatable bonds is 4. The van der Waals surface area contributed by atoms with E-state index < -0.39 is 0 Å². The standard InChI is InChI=1S/C17H14BrClN2O3/c18-12-4-5-15(19)14(9-12)16(22)20-10-11-2-1-3-13(8-11)21-6-7-24-17(21)23/h1-5,8-9H,6-7,10H2,(H,20,22). The fourth-order valence-corrected chi connectivity index (χ4v) is 2.98. The molecule has 1 aliphatic heterocycles. The van der Waals surface area contributed by atoms with Crippen LogP contribution in [0.1, 0.15) is 15.9 Å². The third kappa shape index (κ3) is 3.71. The number of halogens is 2. The largest absolute Gasteiger partial charge is 0.447 e. The molecule has 1 heterocycles. The lowest BCUT2D eigenvalue weighted by atomic mass is 10.1. The van der Waals surface area contributed by atoms with E-state index in [1.807, 2.05) is 24.3 Å². The predicted octanol–water partition coefficient (Wildman–Crippen LogP) is 3.99. The van der Waals surface area contributed by atoms with Crippen LogP contribution in [0.3, 0.4) is 0 Å². The molecule has 0 atom stereocenters. The van der Waals surface area contributed by atoms with Gasteiger partial charge >= 0.3 is 6.09 Å². The molecule has 5 nitrogen and oxygen atoms in total. The van der Waals surface area contributed by atoms with Crippen LogP contribution < -0.4 is 10.2 Å². The SMILES string of the molecule is O=C(NCc1cccc(N2CCOC2=O)c1)c1cc(Br)ccc1Cl. The average molecular weight is 410 g/mol. The van der Waals surface area contributed by atoms with Crippen molar-refractivity contribution < 1.29 is 14.3 Å². The number of amides is 2. The van der Waals surface area contributed by atoms with E-state index in [9.17, 15) is 9.59 Å². The summed E-state index contributed by atoms with van der Waals surface area (Å²) in [6.45, 7) is 1.25. The van der Waals surface area contributed by atoms with Gasteiger partial charge in [0.1, 0.15) is 6.61 Å². The van der Waals surface area contributed by atoms with E-state index in [2.05, 4.69) is 21.2 Å². The van der Waals surface area contributed by atoms with Gasteiger partial charge in [-0.3, -0.25) is 9.69 Å². The Balaban J connectivity index is 1.69. The fourth-order valence-electron chi connectivity index (χ4n) is 2.41. The maximum atomic E-state index is 12.3. The molecule has 24 heavy (non-hydrogen) atoms. The smallest absolute Gasteiger partial charge is 0.414 e. The summed E-state index contributed by atoms with van der Waals surface area (Å²) in [6, 6.07) is 12.5. The van der Waals surface area contributed by atoms with Crippen LogP contribution in [0.25, 0.3) is 0 Å². The van der Waals surface area contributed by atoms with E-state index in [1.165, 1.54) is 0 Å².